The molecule has 0 aliphatic heterocycles. The van der Waals surface area contributed by atoms with Gasteiger partial charge in [0.2, 0.25) is 6.54 Å². The number of halogens is 7. The van der Waals surface area contributed by atoms with Gasteiger partial charge in [-0.1, -0.05) is 0 Å². The third-order valence-corrected chi connectivity index (χ3v) is 1.87. The predicted molar refractivity (Wildman–Crippen MR) is 41.6 cm³/mol. The van der Waals surface area contributed by atoms with Gasteiger partial charge in [-0.05, 0) is 0 Å². The van der Waals surface area contributed by atoms with Crippen molar-refractivity contribution in [2.24, 2.45) is 0 Å². The molecule has 0 spiro atoms. The minimum absolute atomic E-state index is 1.09. The molecule has 1 aromatic carbocycles. The molecule has 0 unspecified atom stereocenters. The molecule has 0 atom stereocenters. The number of rotatable bonds is 1. The molecule has 0 aliphatic rings. The lowest BCUT2D eigenvalue weighted by molar-refractivity contribution is -0.143. The molecule has 0 saturated heterocycles. The second-order valence-corrected chi connectivity index (χ2v) is 2.92. The van der Waals surface area contributed by atoms with Crippen molar-refractivity contribution < 1.29 is 30.7 Å². The molecule has 0 heterocycles. The first-order valence-electron chi connectivity index (χ1n) is 3.97. The molecule has 0 radical (unpaired) electrons. The Morgan fingerprint density at radius 1 is 0.882 bits per heavy atom. The Morgan fingerprint density at radius 2 is 1.29 bits per heavy atom. The van der Waals surface area contributed by atoms with Crippen LogP contribution in [0.4, 0.5) is 30.7 Å². The Morgan fingerprint density at radius 3 is 1.59 bits per heavy atom. The molecule has 92 valence electrons. The van der Waals surface area contributed by atoms with Gasteiger partial charge in [-0.15, -0.1) is 0 Å². The Balaban J connectivity index is 3.66. The van der Waals surface area contributed by atoms with Gasteiger partial charge >= 0.3 is 6.18 Å². The SMILES string of the molecule is [C-]#[N+]Cc1c(F)c(F)c(C(F)(F)F)c(F)c1F. The highest BCUT2D eigenvalue weighted by Crippen LogP contribution is 2.36. The summed E-state index contributed by atoms with van der Waals surface area (Å²) in [5, 5.41) is 0. The quantitative estimate of drug-likeness (QED) is 0.410. The molecule has 0 aromatic heterocycles. The van der Waals surface area contributed by atoms with E-state index in [1.165, 1.54) is 0 Å². The van der Waals surface area contributed by atoms with Crippen LogP contribution in [0.2, 0.25) is 0 Å². The van der Waals surface area contributed by atoms with Crippen molar-refractivity contribution in [2.45, 2.75) is 12.7 Å². The summed E-state index contributed by atoms with van der Waals surface area (Å²) in [4.78, 5) is 2.46. The van der Waals surface area contributed by atoms with Gasteiger partial charge in [0.05, 0.1) is 0 Å². The molecule has 0 aliphatic carbocycles. The average Bonchev–Trinajstić information content (AvgIpc) is 2.20. The van der Waals surface area contributed by atoms with E-state index >= 15 is 0 Å². The molecule has 17 heavy (non-hydrogen) atoms. The molecule has 0 fully saturated rings. The molecule has 1 rings (SSSR count). The maximum absolute atomic E-state index is 13.0. The maximum atomic E-state index is 13.0. The Bertz CT molecular complexity index is 469. The maximum Gasteiger partial charge on any atom is 0.422 e. The van der Waals surface area contributed by atoms with Crippen LogP contribution >= 0.6 is 0 Å². The van der Waals surface area contributed by atoms with Crippen molar-refractivity contribution >= 4 is 0 Å². The molecule has 0 bridgehead atoms. The monoisotopic (exact) mass is 257 g/mol. The second kappa shape index (κ2) is 4.24. The van der Waals surface area contributed by atoms with E-state index in [9.17, 15) is 30.7 Å². The smallest absolute Gasteiger partial charge is 0.312 e. The van der Waals surface area contributed by atoms with Gasteiger partial charge in [0, 0.05) is 0 Å². The van der Waals surface area contributed by atoms with Gasteiger partial charge in [-0.2, -0.15) is 13.2 Å². The first-order chi connectivity index (χ1) is 7.71. The topological polar surface area (TPSA) is 4.36 Å². The summed E-state index contributed by atoms with van der Waals surface area (Å²) in [5.41, 5.74) is -4.00. The van der Waals surface area contributed by atoms with E-state index in [2.05, 4.69) is 4.85 Å². The largest absolute Gasteiger partial charge is 0.422 e. The van der Waals surface area contributed by atoms with E-state index in [0.717, 1.165) is 0 Å². The van der Waals surface area contributed by atoms with E-state index in [1.54, 1.807) is 0 Å². The summed E-state index contributed by atoms with van der Waals surface area (Å²) in [5.74, 6) is -9.50. The fourth-order valence-corrected chi connectivity index (χ4v) is 1.14. The lowest BCUT2D eigenvalue weighted by Crippen LogP contribution is -2.16. The fourth-order valence-electron chi connectivity index (χ4n) is 1.14. The minimum atomic E-state index is -5.56. The molecular formula is C9H2F7N. The Kier molecular flexibility index (Phi) is 3.31. The van der Waals surface area contributed by atoms with Crippen molar-refractivity contribution in [3.05, 3.63) is 45.8 Å². The zero-order valence-electron chi connectivity index (χ0n) is 7.80. The van der Waals surface area contributed by atoms with Crippen molar-refractivity contribution in [3.8, 4) is 0 Å². The molecule has 8 heteroatoms. The van der Waals surface area contributed by atoms with Gasteiger partial charge in [-0.3, -0.25) is 0 Å². The summed E-state index contributed by atoms with van der Waals surface area (Å²) in [7, 11) is 0. The number of benzene rings is 1. The van der Waals surface area contributed by atoms with Crippen molar-refractivity contribution in [1.82, 2.24) is 0 Å². The minimum Gasteiger partial charge on any atom is -0.312 e. The van der Waals surface area contributed by atoms with E-state index in [-0.39, 0.29) is 0 Å². The van der Waals surface area contributed by atoms with Gasteiger partial charge < -0.3 is 4.85 Å². The average molecular weight is 257 g/mol. The number of hydrogen-bond acceptors (Lipinski definition) is 0. The van der Waals surface area contributed by atoms with Crippen LogP contribution in [0.3, 0.4) is 0 Å². The zero-order chi connectivity index (χ0) is 13.4. The molecule has 1 aromatic rings. The lowest BCUT2D eigenvalue weighted by Gasteiger charge is -2.11. The standard InChI is InChI=1S/C9H2F7N/c1-17-2-3-5(10)7(12)4(9(14,15)16)8(13)6(3)11/h2H2. The van der Waals surface area contributed by atoms with E-state index in [4.69, 9.17) is 6.57 Å². The van der Waals surface area contributed by atoms with Crippen LogP contribution in [-0.4, -0.2) is 0 Å². The van der Waals surface area contributed by atoms with Crippen molar-refractivity contribution in [1.29, 1.82) is 0 Å². The van der Waals surface area contributed by atoms with Crippen LogP contribution in [-0.2, 0) is 12.7 Å². The van der Waals surface area contributed by atoms with Gasteiger partial charge in [0.15, 0.2) is 23.3 Å². The Labute approximate surface area is 90.3 Å². The van der Waals surface area contributed by atoms with Crippen LogP contribution in [0, 0.1) is 29.8 Å². The number of nitrogens with zero attached hydrogens (tertiary/aromatic N) is 1. The lowest BCUT2D eigenvalue weighted by atomic mass is 10.1. The second-order valence-electron chi connectivity index (χ2n) is 2.92. The van der Waals surface area contributed by atoms with Crippen molar-refractivity contribution in [2.75, 3.05) is 0 Å². The van der Waals surface area contributed by atoms with Gasteiger partial charge in [-0.25, -0.2) is 24.1 Å². The highest BCUT2D eigenvalue weighted by molar-refractivity contribution is 5.32. The van der Waals surface area contributed by atoms with Crippen LogP contribution in [0.25, 0.3) is 4.85 Å². The summed E-state index contributed by atoms with van der Waals surface area (Å²) in [6.45, 7) is 5.18. The normalized spacial score (nSPS) is 11.4. The summed E-state index contributed by atoms with van der Waals surface area (Å²) >= 11 is 0. The third-order valence-electron chi connectivity index (χ3n) is 1.87. The van der Waals surface area contributed by atoms with E-state index < -0.39 is 47.1 Å². The third kappa shape index (κ3) is 2.18. The van der Waals surface area contributed by atoms with Gasteiger partial charge in [0.1, 0.15) is 11.1 Å². The molecule has 1 nitrogen and oxygen atoms in total. The molecule has 0 saturated carbocycles. The Hall–Kier alpha value is -1.78. The summed E-state index contributed by atoms with van der Waals surface area (Å²) in [6.07, 6.45) is -5.56. The summed E-state index contributed by atoms with van der Waals surface area (Å²) < 4.78 is 88.2. The molecule has 0 N–H and O–H groups in total. The first-order valence-corrected chi connectivity index (χ1v) is 3.97. The van der Waals surface area contributed by atoms with E-state index in [0.29, 0.717) is 0 Å². The first kappa shape index (κ1) is 13.3. The van der Waals surface area contributed by atoms with Crippen molar-refractivity contribution in [3.63, 3.8) is 0 Å². The molecular weight excluding hydrogens is 255 g/mol. The highest BCUT2D eigenvalue weighted by Gasteiger charge is 2.42. The summed E-state index contributed by atoms with van der Waals surface area (Å²) in [6, 6.07) is 0. The highest BCUT2D eigenvalue weighted by atomic mass is 19.4. The predicted octanol–water partition coefficient (Wildman–Crippen LogP) is 3.68. The van der Waals surface area contributed by atoms with Crippen LogP contribution < -0.4 is 0 Å². The zero-order valence-corrected chi connectivity index (χ0v) is 7.80. The number of alkyl halides is 3. The van der Waals surface area contributed by atoms with Crippen LogP contribution in [0.1, 0.15) is 11.1 Å². The van der Waals surface area contributed by atoms with Gasteiger partial charge in [0.25, 0.3) is 0 Å². The fraction of sp³-hybridized carbons (Fsp3) is 0.222. The number of hydrogen-bond donors (Lipinski definition) is 0. The van der Waals surface area contributed by atoms with E-state index in [1.807, 2.05) is 0 Å². The van der Waals surface area contributed by atoms with Crippen LogP contribution in [0.15, 0.2) is 0 Å². The molecule has 0 amide bonds. The van der Waals surface area contributed by atoms with Crippen LogP contribution in [0.5, 0.6) is 0 Å².